The van der Waals surface area contributed by atoms with Crippen molar-refractivity contribution >= 4 is 31.2 Å². The van der Waals surface area contributed by atoms with Crippen LogP contribution >= 0.6 is 11.3 Å². The first-order valence-electron chi connectivity index (χ1n) is 16.5. The number of nitrogens with one attached hydrogen (secondary N) is 2. The molecule has 6 nitrogen and oxygen atoms in total. The third-order valence-electron chi connectivity index (χ3n) is 10.2. The van der Waals surface area contributed by atoms with Crippen LogP contribution in [0.2, 0.25) is 0 Å². The van der Waals surface area contributed by atoms with Crippen molar-refractivity contribution in [1.29, 1.82) is 0 Å². The fraction of sp³-hybridized carbons (Fsp3) is 0.875. The highest BCUT2D eigenvalue weighted by Gasteiger charge is 2.40. The van der Waals surface area contributed by atoms with Crippen LogP contribution in [0.5, 0.6) is 0 Å². The molecule has 1 aliphatic heterocycles. The normalized spacial score (nSPS) is 23.3. The number of fused-ring (bicyclic) bond motifs is 1. The van der Waals surface area contributed by atoms with Crippen LogP contribution in [0.15, 0.2) is 14.5 Å². The SMILES string of the molecule is CCN[C@H]1C[C@H](C)S(=O)(=O)c2sc(S(=O)(=O)NCCCC(CC)C(CC)C(CC)C(CC)C(CC)C(C)CC)cc21. The van der Waals surface area contributed by atoms with E-state index < -0.39 is 25.1 Å². The first kappa shape index (κ1) is 36.7. The van der Waals surface area contributed by atoms with Crippen molar-refractivity contribution < 1.29 is 16.8 Å². The standard InChI is InChI=1S/C32H60N2O4S3/c1-10-22(8)25(12-3)27(14-5)28(15-6)26(13-4)24(11-2)18-17-19-34-41(37,38)31-21-29-30(33-16-7)20-23(9)40(35,36)32(29)39-31/h21-28,30,33-34H,10-20H2,1-9H3/t22?,23-,24?,25?,26?,27?,28?,30-/m0/s1. The maximum Gasteiger partial charge on any atom is 0.250 e. The molecular weight excluding hydrogens is 573 g/mol. The van der Waals surface area contributed by atoms with Gasteiger partial charge in [0.15, 0.2) is 9.84 Å². The van der Waals surface area contributed by atoms with Crippen LogP contribution in [-0.4, -0.2) is 35.2 Å². The molecule has 8 atom stereocenters. The van der Waals surface area contributed by atoms with Gasteiger partial charge in [-0.1, -0.05) is 93.9 Å². The first-order valence-corrected chi connectivity index (χ1v) is 20.3. The second-order valence-electron chi connectivity index (χ2n) is 12.4. The molecule has 0 aliphatic carbocycles. The van der Waals surface area contributed by atoms with Gasteiger partial charge < -0.3 is 5.32 Å². The monoisotopic (exact) mass is 632 g/mol. The number of hydrogen-bond donors (Lipinski definition) is 2. The Morgan fingerprint density at radius 1 is 0.902 bits per heavy atom. The summed E-state index contributed by atoms with van der Waals surface area (Å²) in [5, 5.41) is 2.80. The molecular formula is C32H60N2O4S3. The molecule has 0 saturated heterocycles. The molecule has 2 rings (SSSR count). The van der Waals surface area contributed by atoms with E-state index in [0.29, 0.717) is 42.8 Å². The summed E-state index contributed by atoms with van der Waals surface area (Å²) in [7, 11) is -7.29. The summed E-state index contributed by atoms with van der Waals surface area (Å²) in [5.41, 5.74) is 0.603. The zero-order valence-electron chi connectivity index (χ0n) is 27.3. The summed E-state index contributed by atoms with van der Waals surface area (Å²) in [4.78, 5) is 0. The lowest BCUT2D eigenvalue weighted by Crippen LogP contribution is -2.35. The predicted octanol–water partition coefficient (Wildman–Crippen LogP) is 8.20. The van der Waals surface area contributed by atoms with Gasteiger partial charge in [-0.15, -0.1) is 11.3 Å². The Morgan fingerprint density at radius 2 is 1.49 bits per heavy atom. The second kappa shape index (κ2) is 16.6. The van der Waals surface area contributed by atoms with Crippen LogP contribution < -0.4 is 10.0 Å². The van der Waals surface area contributed by atoms with Crippen LogP contribution in [0.3, 0.4) is 0 Å². The van der Waals surface area contributed by atoms with E-state index in [-0.39, 0.29) is 14.5 Å². The minimum atomic E-state index is -3.78. The Hall–Kier alpha value is -0.480. The molecule has 0 spiro atoms. The molecule has 0 amide bonds. The molecule has 2 N–H and O–H groups in total. The van der Waals surface area contributed by atoms with Gasteiger partial charge in [0.2, 0.25) is 10.0 Å². The summed E-state index contributed by atoms with van der Waals surface area (Å²) in [6.45, 7) is 21.2. The Bertz CT molecular complexity index is 1130. The highest BCUT2D eigenvalue weighted by Crippen LogP contribution is 2.45. The molecule has 0 radical (unpaired) electrons. The highest BCUT2D eigenvalue weighted by molar-refractivity contribution is 7.95. The van der Waals surface area contributed by atoms with Crippen molar-refractivity contribution in [3.05, 3.63) is 11.6 Å². The van der Waals surface area contributed by atoms with E-state index in [1.807, 2.05) is 6.92 Å². The van der Waals surface area contributed by atoms with E-state index in [2.05, 4.69) is 58.5 Å². The van der Waals surface area contributed by atoms with E-state index in [4.69, 9.17) is 0 Å². The summed E-state index contributed by atoms with van der Waals surface area (Å²) in [6, 6.07) is 1.44. The third-order valence-corrected chi connectivity index (χ3v) is 16.1. The van der Waals surface area contributed by atoms with Crippen LogP contribution in [0.4, 0.5) is 0 Å². The molecule has 9 heteroatoms. The smallest absolute Gasteiger partial charge is 0.250 e. The molecule has 6 unspecified atom stereocenters. The average Bonchev–Trinajstić information content (AvgIpc) is 3.42. The molecule has 41 heavy (non-hydrogen) atoms. The summed E-state index contributed by atoms with van der Waals surface area (Å²) in [6.07, 6.45) is 9.40. The maximum absolute atomic E-state index is 13.3. The van der Waals surface area contributed by atoms with Crippen molar-refractivity contribution in [2.24, 2.45) is 35.5 Å². The fourth-order valence-electron chi connectivity index (χ4n) is 7.80. The maximum atomic E-state index is 13.3. The van der Waals surface area contributed by atoms with Crippen molar-refractivity contribution in [1.82, 2.24) is 10.0 Å². The number of hydrogen-bond acceptors (Lipinski definition) is 6. The van der Waals surface area contributed by atoms with E-state index in [1.54, 1.807) is 13.0 Å². The van der Waals surface area contributed by atoms with Gasteiger partial charge in [0, 0.05) is 18.2 Å². The van der Waals surface area contributed by atoms with Gasteiger partial charge in [-0.2, -0.15) is 0 Å². The van der Waals surface area contributed by atoms with Gasteiger partial charge in [0.25, 0.3) is 0 Å². The number of rotatable bonds is 19. The predicted molar refractivity (Wildman–Crippen MR) is 175 cm³/mol. The first-order chi connectivity index (χ1) is 19.4. The van der Waals surface area contributed by atoms with Crippen molar-refractivity contribution in [3.63, 3.8) is 0 Å². The lowest BCUT2D eigenvalue weighted by atomic mass is 9.63. The lowest BCUT2D eigenvalue weighted by molar-refractivity contribution is 0.0720. The zero-order valence-corrected chi connectivity index (χ0v) is 29.8. The molecule has 0 saturated carbocycles. The Balaban J connectivity index is 2.13. The molecule has 1 aromatic rings. The van der Waals surface area contributed by atoms with Gasteiger partial charge >= 0.3 is 0 Å². The summed E-state index contributed by atoms with van der Waals surface area (Å²) >= 11 is 0.903. The minimum absolute atomic E-state index is 0.106. The van der Waals surface area contributed by atoms with Crippen LogP contribution in [0, 0.1) is 35.5 Å². The van der Waals surface area contributed by atoms with Crippen LogP contribution in [0.25, 0.3) is 0 Å². The molecule has 0 aromatic carbocycles. The van der Waals surface area contributed by atoms with Gasteiger partial charge in [-0.25, -0.2) is 21.6 Å². The van der Waals surface area contributed by atoms with E-state index in [0.717, 1.165) is 54.8 Å². The summed E-state index contributed by atoms with van der Waals surface area (Å²) in [5.74, 6) is 4.12. The number of thiophene rings is 1. The largest absolute Gasteiger partial charge is 0.310 e. The second-order valence-corrected chi connectivity index (χ2v) is 18.0. The molecule has 240 valence electrons. The molecule has 1 aromatic heterocycles. The topological polar surface area (TPSA) is 92.3 Å². The molecule has 1 aliphatic rings. The van der Waals surface area contributed by atoms with E-state index in [1.165, 1.54) is 25.7 Å². The van der Waals surface area contributed by atoms with Crippen LogP contribution in [-0.2, 0) is 19.9 Å². The average molecular weight is 633 g/mol. The Morgan fingerprint density at radius 3 is 2.00 bits per heavy atom. The number of sulfone groups is 1. The Kier molecular flexibility index (Phi) is 14.8. The quantitative estimate of drug-likeness (QED) is 0.150. The van der Waals surface area contributed by atoms with Gasteiger partial charge in [0.05, 0.1) is 5.25 Å². The van der Waals surface area contributed by atoms with Gasteiger partial charge in [-0.05, 0) is 74.3 Å². The number of sulfonamides is 1. The third kappa shape index (κ3) is 8.58. The van der Waals surface area contributed by atoms with E-state index in [9.17, 15) is 16.8 Å². The minimum Gasteiger partial charge on any atom is -0.310 e. The Labute approximate surface area is 257 Å². The lowest BCUT2D eigenvalue weighted by Gasteiger charge is -2.42. The van der Waals surface area contributed by atoms with Crippen molar-refractivity contribution in [3.8, 4) is 0 Å². The van der Waals surface area contributed by atoms with Crippen molar-refractivity contribution in [2.45, 2.75) is 140 Å². The van der Waals surface area contributed by atoms with Crippen molar-refractivity contribution in [2.75, 3.05) is 13.1 Å². The van der Waals surface area contributed by atoms with Gasteiger partial charge in [-0.3, -0.25) is 0 Å². The fourth-order valence-corrected chi connectivity index (χ4v) is 12.9. The van der Waals surface area contributed by atoms with Gasteiger partial charge in [0.1, 0.15) is 8.42 Å². The van der Waals surface area contributed by atoms with Crippen LogP contribution in [0.1, 0.15) is 132 Å². The zero-order chi connectivity index (χ0) is 31.0. The summed E-state index contributed by atoms with van der Waals surface area (Å²) < 4.78 is 55.6. The molecule has 0 bridgehead atoms. The molecule has 2 heterocycles. The van der Waals surface area contributed by atoms with E-state index >= 15 is 0 Å². The highest BCUT2D eigenvalue weighted by atomic mass is 32.3. The molecule has 0 fully saturated rings.